The number of H-pyrrole nitrogens is 1. The van der Waals surface area contributed by atoms with E-state index in [4.69, 9.17) is 53.8 Å². The number of nitrogens with one attached hydrogen (secondary N) is 1. The first-order valence-electron chi connectivity index (χ1n) is 17.5. The maximum Gasteiger partial charge on any atom is 0.341 e. The van der Waals surface area contributed by atoms with Crippen LogP contribution >= 0.6 is 47.2 Å². The van der Waals surface area contributed by atoms with Gasteiger partial charge >= 0.3 is 11.9 Å². The molecule has 2 fully saturated rings. The molecule has 1 N–H and O–H groups in total. The fraction of sp³-hybridized carbons (Fsp3) is 0.526. The largest absolute Gasteiger partial charge is 0.477 e. The van der Waals surface area contributed by atoms with Crippen LogP contribution in [0.5, 0.6) is 11.8 Å². The Hall–Kier alpha value is -3.58. The molecule has 6 rings (SSSR count). The maximum absolute atomic E-state index is 12.2. The van der Waals surface area contributed by atoms with E-state index >= 15 is 0 Å². The monoisotopic (exact) mass is 826 g/mol. The Labute approximate surface area is 338 Å². The summed E-state index contributed by atoms with van der Waals surface area (Å²) >= 11 is 17.5. The van der Waals surface area contributed by atoms with Gasteiger partial charge in [-0.2, -0.15) is 5.10 Å². The van der Waals surface area contributed by atoms with Crippen molar-refractivity contribution in [2.75, 3.05) is 13.2 Å². The highest BCUT2D eigenvalue weighted by atomic mass is 35.5. The molecular formula is C38H50Cl4N6O6. The quantitative estimate of drug-likeness (QED) is 0.128. The molecule has 296 valence electrons. The summed E-state index contributed by atoms with van der Waals surface area (Å²) in [5.41, 5.74) is -0.0153. The number of carbonyl (C=O) groups excluding carboxylic acids is 2. The lowest BCUT2D eigenvalue weighted by Crippen LogP contribution is -2.32. The molecule has 0 saturated heterocycles. The van der Waals surface area contributed by atoms with Gasteiger partial charge in [-0.3, -0.25) is 0 Å². The van der Waals surface area contributed by atoms with Crippen LogP contribution in [-0.4, -0.2) is 66.3 Å². The Balaban J connectivity index is 0.000000237. The van der Waals surface area contributed by atoms with Crippen molar-refractivity contribution in [1.29, 1.82) is 0 Å². The van der Waals surface area contributed by atoms with Crippen LogP contribution in [0.2, 0.25) is 15.5 Å². The minimum absolute atomic E-state index is 0. The lowest BCUT2D eigenvalue weighted by molar-refractivity contribution is 0.00567. The van der Waals surface area contributed by atoms with E-state index in [2.05, 4.69) is 39.1 Å². The zero-order chi connectivity index (χ0) is 39.0. The van der Waals surface area contributed by atoms with Crippen LogP contribution in [0.1, 0.15) is 115 Å². The van der Waals surface area contributed by atoms with Gasteiger partial charge in [-0.15, -0.1) is 17.5 Å². The number of carbonyl (C=O) groups is 2. The van der Waals surface area contributed by atoms with Crippen molar-refractivity contribution in [2.24, 2.45) is 10.8 Å². The minimum atomic E-state index is -0.593. The highest BCUT2D eigenvalue weighted by molar-refractivity contribution is 6.34. The van der Waals surface area contributed by atoms with Gasteiger partial charge in [0.05, 0.1) is 30.5 Å². The molecule has 0 bridgehead atoms. The molecule has 0 radical (unpaired) electrons. The van der Waals surface area contributed by atoms with Crippen molar-refractivity contribution in [3.8, 4) is 17.6 Å². The number of hydrogen-bond acceptors (Lipinski definition) is 10. The number of ether oxygens (including phenoxy) is 4. The standard InChI is InChI=1S/C19H24ClN3O3.C10H11Cl2NO2.C9H14N2O.ClH/c1-18(2,3)26-17(24)13-6-7-14(21-16(13)20)23-11-8-15(22-23)25-12-19(4)9-5-10-19;1-10(2,3)15-9(14)6-4-5-7(11)13-8(6)12;1-9(4-2-5-9)7-12-8-3-6-10-11-8;/h6-8,11H,5,9-10,12H2,1-4H3;4-5H,1-3H3;3,6H,2,4-5,7H2,1H3,(H,10,11);1H. The number of aromatic nitrogens is 6. The van der Waals surface area contributed by atoms with Crippen LogP contribution in [0.25, 0.3) is 5.82 Å². The first kappa shape index (κ1) is 44.8. The Kier molecular flexibility index (Phi) is 15.6. The molecule has 0 aromatic carbocycles. The van der Waals surface area contributed by atoms with E-state index < -0.39 is 23.1 Å². The van der Waals surface area contributed by atoms with E-state index in [9.17, 15) is 9.59 Å². The van der Waals surface area contributed by atoms with E-state index in [0.29, 0.717) is 23.7 Å². The molecular weight excluding hydrogens is 778 g/mol. The third-order valence-corrected chi connectivity index (χ3v) is 9.21. The molecule has 0 amide bonds. The summed E-state index contributed by atoms with van der Waals surface area (Å²) in [6.45, 7) is 16.7. The molecule has 2 aliphatic rings. The number of pyridine rings is 2. The smallest absolute Gasteiger partial charge is 0.341 e. The van der Waals surface area contributed by atoms with E-state index in [1.54, 1.807) is 76.8 Å². The highest BCUT2D eigenvalue weighted by Gasteiger charge is 2.33. The Morgan fingerprint density at radius 3 is 1.72 bits per heavy atom. The van der Waals surface area contributed by atoms with E-state index in [1.165, 1.54) is 50.7 Å². The first-order valence-corrected chi connectivity index (χ1v) is 18.6. The number of halogens is 4. The van der Waals surface area contributed by atoms with E-state index in [-0.39, 0.29) is 44.4 Å². The van der Waals surface area contributed by atoms with Gasteiger partial charge in [-0.05, 0) is 91.5 Å². The average molecular weight is 829 g/mol. The van der Waals surface area contributed by atoms with Crippen LogP contribution in [0.4, 0.5) is 0 Å². The molecule has 0 unspecified atom stereocenters. The van der Waals surface area contributed by atoms with Crippen LogP contribution in [0, 0.1) is 10.8 Å². The van der Waals surface area contributed by atoms with E-state index in [1.807, 2.05) is 6.07 Å². The number of nitrogens with zero attached hydrogens (tertiary/aromatic N) is 5. The third kappa shape index (κ3) is 13.9. The van der Waals surface area contributed by atoms with Gasteiger partial charge in [0.2, 0.25) is 11.8 Å². The van der Waals surface area contributed by atoms with Gasteiger partial charge in [0.1, 0.15) is 26.7 Å². The summed E-state index contributed by atoms with van der Waals surface area (Å²) in [6.07, 6.45) is 11.0. The normalized spacial score (nSPS) is 15.3. The zero-order valence-electron chi connectivity index (χ0n) is 32.0. The predicted octanol–water partition coefficient (Wildman–Crippen LogP) is 10.2. The van der Waals surface area contributed by atoms with Crippen molar-refractivity contribution in [2.45, 2.75) is 105 Å². The fourth-order valence-electron chi connectivity index (χ4n) is 5.12. The van der Waals surface area contributed by atoms with Gasteiger partial charge in [-0.25, -0.2) is 29.3 Å². The summed E-state index contributed by atoms with van der Waals surface area (Å²) < 4.78 is 23.4. The summed E-state index contributed by atoms with van der Waals surface area (Å²) in [7, 11) is 0. The van der Waals surface area contributed by atoms with Crippen molar-refractivity contribution in [3.63, 3.8) is 0 Å². The van der Waals surface area contributed by atoms with Crippen molar-refractivity contribution >= 4 is 59.1 Å². The highest BCUT2D eigenvalue weighted by Crippen LogP contribution is 2.41. The molecule has 4 aromatic rings. The van der Waals surface area contributed by atoms with Gasteiger partial charge < -0.3 is 18.9 Å². The Morgan fingerprint density at radius 2 is 1.28 bits per heavy atom. The van der Waals surface area contributed by atoms with Crippen LogP contribution in [0.15, 0.2) is 48.8 Å². The van der Waals surface area contributed by atoms with Gasteiger partial charge in [0.15, 0.2) is 5.82 Å². The third-order valence-electron chi connectivity index (χ3n) is 8.43. The predicted molar refractivity (Wildman–Crippen MR) is 212 cm³/mol. The molecule has 2 aliphatic carbocycles. The molecule has 0 atom stereocenters. The fourth-order valence-corrected chi connectivity index (χ4v) is 5.77. The number of esters is 2. The summed E-state index contributed by atoms with van der Waals surface area (Å²) in [5, 5.41) is 11.4. The van der Waals surface area contributed by atoms with Crippen molar-refractivity contribution in [3.05, 3.63) is 75.4 Å². The SMILES string of the molecule is CC(C)(C)OC(=O)c1ccc(Cl)nc1Cl.CC1(COc2ccn(-c3ccc(C(=O)OC(C)(C)C)c(Cl)n3)n2)CCC1.CC1(COc2ccn[nH]2)CCC1.Cl. The van der Waals surface area contributed by atoms with Gasteiger partial charge in [0.25, 0.3) is 0 Å². The average Bonchev–Trinajstić information content (AvgIpc) is 3.73. The topological polar surface area (TPSA) is 143 Å². The summed E-state index contributed by atoms with van der Waals surface area (Å²) in [6, 6.07) is 9.89. The Morgan fingerprint density at radius 1 is 0.759 bits per heavy atom. The minimum Gasteiger partial charge on any atom is -0.477 e. The zero-order valence-corrected chi connectivity index (χ0v) is 35.1. The summed E-state index contributed by atoms with van der Waals surface area (Å²) in [4.78, 5) is 31.8. The molecule has 0 aliphatic heterocycles. The molecule has 0 spiro atoms. The van der Waals surface area contributed by atoms with Gasteiger partial charge in [0, 0.05) is 29.2 Å². The second-order valence-electron chi connectivity index (χ2n) is 15.9. The van der Waals surface area contributed by atoms with E-state index in [0.717, 1.165) is 12.5 Å². The maximum atomic E-state index is 12.2. The molecule has 2 saturated carbocycles. The lowest BCUT2D eigenvalue weighted by Gasteiger charge is -2.37. The number of rotatable bonds is 9. The van der Waals surface area contributed by atoms with Crippen LogP contribution in [-0.2, 0) is 9.47 Å². The van der Waals surface area contributed by atoms with Crippen LogP contribution < -0.4 is 9.47 Å². The summed E-state index contributed by atoms with van der Waals surface area (Å²) in [5.74, 6) is 0.832. The molecule has 4 heterocycles. The first-order chi connectivity index (χ1) is 24.7. The van der Waals surface area contributed by atoms with Crippen LogP contribution in [0.3, 0.4) is 0 Å². The van der Waals surface area contributed by atoms with Crippen molar-refractivity contribution < 1.29 is 28.5 Å². The molecule has 12 nitrogen and oxygen atoms in total. The molecule has 54 heavy (non-hydrogen) atoms. The number of hydrogen-bond donors (Lipinski definition) is 1. The number of aromatic amines is 1. The molecule has 16 heteroatoms. The van der Waals surface area contributed by atoms with Gasteiger partial charge in [-0.1, -0.05) is 61.5 Å². The lowest BCUT2D eigenvalue weighted by atomic mass is 9.71. The molecule has 4 aromatic heterocycles. The second kappa shape index (κ2) is 18.8. The second-order valence-corrected chi connectivity index (χ2v) is 17.0. The van der Waals surface area contributed by atoms with Crippen molar-refractivity contribution in [1.82, 2.24) is 29.9 Å². The Bertz CT molecular complexity index is 1830.